The predicted molar refractivity (Wildman–Crippen MR) is 65.1 cm³/mol. The summed E-state index contributed by atoms with van der Waals surface area (Å²) in [6, 6.07) is 6.53. The van der Waals surface area contributed by atoms with Crippen LogP contribution in [0.2, 0.25) is 0 Å². The van der Waals surface area contributed by atoms with Crippen molar-refractivity contribution in [2.24, 2.45) is 0 Å². The molecule has 0 aliphatic heterocycles. The van der Waals surface area contributed by atoms with E-state index in [-0.39, 0.29) is 11.5 Å². The van der Waals surface area contributed by atoms with Crippen molar-refractivity contribution in [2.75, 3.05) is 6.54 Å². The van der Waals surface area contributed by atoms with Gasteiger partial charge in [-0.15, -0.1) is 5.10 Å². The van der Waals surface area contributed by atoms with Gasteiger partial charge in [-0.25, -0.2) is 9.18 Å². The molecule has 1 aromatic heterocycles. The molecular formula is C12H13FN4O2. The van der Waals surface area contributed by atoms with Crippen LogP contribution in [0, 0.1) is 5.82 Å². The van der Waals surface area contributed by atoms with E-state index < -0.39 is 5.97 Å². The van der Waals surface area contributed by atoms with Crippen molar-refractivity contribution in [3.8, 4) is 0 Å². The van der Waals surface area contributed by atoms with Gasteiger partial charge in [-0.2, -0.15) is 0 Å². The van der Waals surface area contributed by atoms with Gasteiger partial charge < -0.3 is 10.4 Å². The summed E-state index contributed by atoms with van der Waals surface area (Å²) in [7, 11) is 0. The fourth-order valence-electron chi connectivity index (χ4n) is 1.56. The van der Waals surface area contributed by atoms with Gasteiger partial charge in [0.2, 0.25) is 0 Å². The fourth-order valence-corrected chi connectivity index (χ4v) is 1.56. The number of benzene rings is 1. The van der Waals surface area contributed by atoms with E-state index in [1.54, 1.807) is 18.2 Å². The second kappa shape index (κ2) is 6.05. The summed E-state index contributed by atoms with van der Waals surface area (Å²) in [4.78, 5) is 10.6. The summed E-state index contributed by atoms with van der Waals surface area (Å²) >= 11 is 0. The topological polar surface area (TPSA) is 80.0 Å². The van der Waals surface area contributed by atoms with Crippen molar-refractivity contribution in [1.82, 2.24) is 20.3 Å². The number of aromatic nitrogens is 3. The molecule has 1 aromatic carbocycles. The minimum Gasteiger partial charge on any atom is -0.476 e. The molecule has 7 heteroatoms. The minimum atomic E-state index is -1.11. The highest BCUT2D eigenvalue weighted by atomic mass is 19.1. The fraction of sp³-hybridized carbons (Fsp3) is 0.250. The van der Waals surface area contributed by atoms with Crippen molar-refractivity contribution in [2.45, 2.75) is 13.1 Å². The summed E-state index contributed by atoms with van der Waals surface area (Å²) in [5.74, 6) is -1.35. The molecule has 100 valence electrons. The van der Waals surface area contributed by atoms with Crippen molar-refractivity contribution < 1.29 is 14.3 Å². The first-order valence-corrected chi connectivity index (χ1v) is 5.74. The van der Waals surface area contributed by atoms with Crippen molar-refractivity contribution in [3.63, 3.8) is 0 Å². The third kappa shape index (κ3) is 3.59. The van der Waals surface area contributed by atoms with Gasteiger partial charge in [-0.3, -0.25) is 4.68 Å². The predicted octanol–water partition coefficient (Wildman–Crippen LogP) is 0.905. The molecule has 0 spiro atoms. The Kier molecular flexibility index (Phi) is 4.19. The molecule has 0 saturated heterocycles. The lowest BCUT2D eigenvalue weighted by Gasteiger charge is -2.05. The van der Waals surface area contributed by atoms with Crippen molar-refractivity contribution in [1.29, 1.82) is 0 Å². The molecule has 0 fully saturated rings. The number of rotatable bonds is 6. The lowest BCUT2D eigenvalue weighted by atomic mass is 10.2. The van der Waals surface area contributed by atoms with Gasteiger partial charge in [0.15, 0.2) is 5.69 Å². The first kappa shape index (κ1) is 13.2. The zero-order valence-electron chi connectivity index (χ0n) is 10.1. The lowest BCUT2D eigenvalue weighted by molar-refractivity contribution is 0.0690. The molecule has 0 bridgehead atoms. The molecule has 6 nitrogen and oxygen atoms in total. The standard InChI is InChI=1S/C12H13FN4O2/c13-10-4-2-1-3-9(10)7-14-5-6-17-8-11(12(18)19)15-16-17/h1-4,8,14H,5-7H2,(H,18,19). The average Bonchev–Trinajstić information content (AvgIpc) is 2.85. The van der Waals surface area contributed by atoms with Gasteiger partial charge in [-0.05, 0) is 6.07 Å². The first-order valence-electron chi connectivity index (χ1n) is 5.74. The van der Waals surface area contributed by atoms with Crippen LogP contribution in [0.4, 0.5) is 4.39 Å². The number of nitrogens with one attached hydrogen (secondary N) is 1. The molecule has 1 heterocycles. The van der Waals surface area contributed by atoms with Gasteiger partial charge in [-0.1, -0.05) is 23.4 Å². The van der Waals surface area contributed by atoms with E-state index in [1.165, 1.54) is 16.9 Å². The molecule has 0 unspecified atom stereocenters. The Labute approximate surface area is 108 Å². The molecule has 0 radical (unpaired) electrons. The highest BCUT2D eigenvalue weighted by Gasteiger charge is 2.07. The van der Waals surface area contributed by atoms with Gasteiger partial charge >= 0.3 is 5.97 Å². The molecular weight excluding hydrogens is 251 g/mol. The van der Waals surface area contributed by atoms with Gasteiger partial charge in [0.25, 0.3) is 0 Å². The molecule has 0 amide bonds. The maximum atomic E-state index is 13.3. The summed E-state index contributed by atoms with van der Waals surface area (Å²) in [5.41, 5.74) is 0.501. The van der Waals surface area contributed by atoms with Crippen LogP contribution in [0.25, 0.3) is 0 Å². The Bertz CT molecular complexity index is 570. The number of hydrogen-bond acceptors (Lipinski definition) is 4. The van der Waals surface area contributed by atoms with E-state index in [2.05, 4.69) is 15.6 Å². The summed E-state index contributed by atoms with van der Waals surface area (Å²) in [5, 5.41) is 18.9. The second-order valence-corrected chi connectivity index (χ2v) is 3.94. The Balaban J connectivity index is 1.77. The van der Waals surface area contributed by atoms with E-state index in [1.807, 2.05) is 0 Å². The molecule has 2 N–H and O–H groups in total. The van der Waals surface area contributed by atoms with Gasteiger partial charge in [0, 0.05) is 18.7 Å². The number of carboxylic acid groups (broad SMARTS) is 1. The average molecular weight is 264 g/mol. The van der Waals surface area contributed by atoms with Crippen LogP contribution in [0.1, 0.15) is 16.1 Å². The number of carbonyl (C=O) groups is 1. The number of halogens is 1. The molecule has 0 atom stereocenters. The van der Waals surface area contributed by atoms with Crippen LogP contribution in [-0.4, -0.2) is 32.6 Å². The Morgan fingerprint density at radius 2 is 2.21 bits per heavy atom. The SMILES string of the molecule is O=C(O)c1cn(CCNCc2ccccc2F)nn1. The van der Waals surface area contributed by atoms with E-state index in [0.29, 0.717) is 25.2 Å². The van der Waals surface area contributed by atoms with E-state index in [9.17, 15) is 9.18 Å². The smallest absolute Gasteiger partial charge is 0.358 e. The normalized spacial score (nSPS) is 10.6. The Hall–Kier alpha value is -2.28. The number of hydrogen-bond donors (Lipinski definition) is 2. The Morgan fingerprint density at radius 1 is 1.42 bits per heavy atom. The van der Waals surface area contributed by atoms with Gasteiger partial charge in [0.05, 0.1) is 12.7 Å². The first-order chi connectivity index (χ1) is 9.16. The van der Waals surface area contributed by atoms with Crippen LogP contribution in [0.3, 0.4) is 0 Å². The molecule has 2 aromatic rings. The number of carboxylic acids is 1. The number of aromatic carboxylic acids is 1. The molecule has 19 heavy (non-hydrogen) atoms. The summed E-state index contributed by atoms with van der Waals surface area (Å²) in [6.45, 7) is 1.42. The third-order valence-corrected chi connectivity index (χ3v) is 2.55. The molecule has 0 aliphatic carbocycles. The van der Waals surface area contributed by atoms with Crippen LogP contribution >= 0.6 is 0 Å². The van der Waals surface area contributed by atoms with Crippen LogP contribution in [0.5, 0.6) is 0 Å². The molecule has 0 aliphatic rings. The van der Waals surface area contributed by atoms with E-state index in [4.69, 9.17) is 5.11 Å². The second-order valence-electron chi connectivity index (χ2n) is 3.94. The highest BCUT2D eigenvalue weighted by Crippen LogP contribution is 2.05. The van der Waals surface area contributed by atoms with Crippen LogP contribution in [0.15, 0.2) is 30.5 Å². The largest absolute Gasteiger partial charge is 0.476 e. The van der Waals surface area contributed by atoms with Crippen molar-refractivity contribution >= 4 is 5.97 Å². The maximum Gasteiger partial charge on any atom is 0.358 e. The molecule has 2 rings (SSSR count). The molecule has 0 saturated carbocycles. The quantitative estimate of drug-likeness (QED) is 0.758. The van der Waals surface area contributed by atoms with Crippen LogP contribution in [-0.2, 0) is 13.1 Å². The monoisotopic (exact) mass is 264 g/mol. The van der Waals surface area contributed by atoms with E-state index >= 15 is 0 Å². The van der Waals surface area contributed by atoms with E-state index in [0.717, 1.165) is 0 Å². The van der Waals surface area contributed by atoms with Crippen LogP contribution < -0.4 is 5.32 Å². The highest BCUT2D eigenvalue weighted by molar-refractivity contribution is 5.84. The van der Waals surface area contributed by atoms with Crippen molar-refractivity contribution in [3.05, 3.63) is 47.5 Å². The zero-order chi connectivity index (χ0) is 13.7. The summed E-state index contributed by atoms with van der Waals surface area (Å²) in [6.07, 6.45) is 1.35. The lowest BCUT2D eigenvalue weighted by Crippen LogP contribution is -2.20. The number of nitrogens with zero attached hydrogens (tertiary/aromatic N) is 3. The minimum absolute atomic E-state index is 0.0888. The Morgan fingerprint density at radius 3 is 2.89 bits per heavy atom. The van der Waals surface area contributed by atoms with Gasteiger partial charge in [0.1, 0.15) is 5.82 Å². The summed E-state index contributed by atoms with van der Waals surface area (Å²) < 4.78 is 14.7. The maximum absolute atomic E-state index is 13.3. The zero-order valence-corrected chi connectivity index (χ0v) is 10.1. The third-order valence-electron chi connectivity index (χ3n) is 2.55.